The lowest BCUT2D eigenvalue weighted by atomic mass is 9.81. The average Bonchev–Trinajstić information content (AvgIpc) is 2.39. The van der Waals surface area contributed by atoms with Crippen molar-refractivity contribution < 1.29 is 9.47 Å². The second-order valence-electron chi connectivity index (χ2n) is 5.32. The van der Waals surface area contributed by atoms with Crippen LogP contribution in [-0.2, 0) is 4.74 Å². The molecule has 1 aromatic rings. The summed E-state index contributed by atoms with van der Waals surface area (Å²) in [4.78, 5) is 0. The zero-order chi connectivity index (χ0) is 13.1. The van der Waals surface area contributed by atoms with Crippen molar-refractivity contribution >= 4 is 0 Å². The Kier molecular flexibility index (Phi) is 4.07. The van der Waals surface area contributed by atoms with Gasteiger partial charge in [-0.05, 0) is 37.0 Å². The Balaban J connectivity index is 2.20. The second kappa shape index (κ2) is 5.57. The lowest BCUT2D eigenvalue weighted by Gasteiger charge is -2.35. The van der Waals surface area contributed by atoms with Gasteiger partial charge in [0, 0.05) is 5.92 Å². The number of methoxy groups -OCH3 is 1. The van der Waals surface area contributed by atoms with Crippen LogP contribution in [0.1, 0.15) is 31.9 Å². The molecule has 98 valence electrons. The van der Waals surface area contributed by atoms with Crippen LogP contribution in [0.15, 0.2) is 36.4 Å². The van der Waals surface area contributed by atoms with Crippen molar-refractivity contribution in [2.24, 2.45) is 11.8 Å². The molecule has 1 aromatic carbocycles. The predicted molar refractivity (Wildman–Crippen MR) is 73.8 cm³/mol. The molecule has 0 radical (unpaired) electrons. The lowest BCUT2D eigenvalue weighted by molar-refractivity contribution is -0.0424. The summed E-state index contributed by atoms with van der Waals surface area (Å²) >= 11 is 0. The highest BCUT2D eigenvalue weighted by Crippen LogP contribution is 2.39. The Morgan fingerprint density at radius 2 is 2.00 bits per heavy atom. The normalized spacial score (nSPS) is 27.8. The highest BCUT2D eigenvalue weighted by atomic mass is 16.5. The van der Waals surface area contributed by atoms with Gasteiger partial charge in [-0.2, -0.15) is 0 Å². The molecule has 0 unspecified atom stereocenters. The molecule has 1 aliphatic heterocycles. The van der Waals surface area contributed by atoms with Gasteiger partial charge in [-0.25, -0.2) is 0 Å². The number of hydrogen-bond acceptors (Lipinski definition) is 2. The highest BCUT2D eigenvalue weighted by molar-refractivity contribution is 5.30. The van der Waals surface area contributed by atoms with E-state index in [2.05, 4.69) is 32.6 Å². The topological polar surface area (TPSA) is 18.5 Å². The Morgan fingerprint density at radius 1 is 1.33 bits per heavy atom. The molecular formula is C16H22O2. The number of rotatable bonds is 3. The van der Waals surface area contributed by atoms with E-state index >= 15 is 0 Å². The first kappa shape index (κ1) is 13.2. The lowest BCUT2D eigenvalue weighted by Crippen LogP contribution is -2.28. The first-order chi connectivity index (χ1) is 8.61. The Bertz CT molecular complexity index is 408. The van der Waals surface area contributed by atoms with E-state index in [1.54, 1.807) is 7.11 Å². The van der Waals surface area contributed by atoms with Crippen molar-refractivity contribution in [2.45, 2.75) is 26.4 Å². The molecule has 0 aromatic heterocycles. The van der Waals surface area contributed by atoms with Gasteiger partial charge in [0.1, 0.15) is 5.75 Å². The van der Waals surface area contributed by atoms with Crippen molar-refractivity contribution in [3.05, 3.63) is 42.0 Å². The third-order valence-corrected chi connectivity index (χ3v) is 3.66. The van der Waals surface area contributed by atoms with Gasteiger partial charge in [0.15, 0.2) is 0 Å². The average molecular weight is 246 g/mol. The molecule has 2 rings (SSSR count). The minimum absolute atomic E-state index is 0.143. The maximum absolute atomic E-state index is 6.02. The van der Waals surface area contributed by atoms with Gasteiger partial charge in [-0.3, -0.25) is 0 Å². The predicted octanol–water partition coefficient (Wildman–Crippen LogP) is 3.99. The van der Waals surface area contributed by atoms with Crippen LogP contribution in [0, 0.1) is 11.8 Å². The monoisotopic (exact) mass is 246 g/mol. The molecule has 0 amide bonds. The van der Waals surface area contributed by atoms with E-state index in [-0.39, 0.29) is 6.10 Å². The molecule has 0 spiro atoms. The minimum Gasteiger partial charge on any atom is -0.497 e. The standard InChI is InChI=1S/C16H22O2/c1-11(2)15-9-12(3)10-18-16(15)13-5-7-14(17-4)8-6-13/h5-8,12,15-16H,1,9-10H2,2-4H3/t12-,15-,16-/m0/s1. The second-order valence-corrected chi connectivity index (χ2v) is 5.32. The molecule has 1 fully saturated rings. The smallest absolute Gasteiger partial charge is 0.118 e. The molecule has 2 heteroatoms. The SMILES string of the molecule is C=C(C)[C@@H]1C[C@H](C)CO[C@H]1c1ccc(OC)cc1. The zero-order valence-corrected chi connectivity index (χ0v) is 11.5. The number of ether oxygens (including phenoxy) is 2. The summed E-state index contributed by atoms with van der Waals surface area (Å²) in [5.74, 6) is 1.91. The molecule has 0 saturated carbocycles. The van der Waals surface area contributed by atoms with Crippen molar-refractivity contribution in [3.63, 3.8) is 0 Å². The molecular weight excluding hydrogens is 224 g/mol. The highest BCUT2D eigenvalue weighted by Gasteiger charge is 2.31. The van der Waals surface area contributed by atoms with Crippen LogP contribution in [0.25, 0.3) is 0 Å². The summed E-state index contributed by atoms with van der Waals surface area (Å²) in [6, 6.07) is 8.17. The molecule has 0 bridgehead atoms. The minimum atomic E-state index is 0.143. The van der Waals surface area contributed by atoms with Gasteiger partial charge in [0.2, 0.25) is 0 Å². The van der Waals surface area contributed by atoms with Gasteiger partial charge in [-0.15, -0.1) is 0 Å². The van der Waals surface area contributed by atoms with Crippen molar-refractivity contribution in [1.82, 2.24) is 0 Å². The molecule has 1 saturated heterocycles. The third kappa shape index (κ3) is 2.75. The summed E-state index contributed by atoms with van der Waals surface area (Å²) in [7, 11) is 1.69. The molecule has 1 aliphatic rings. The number of hydrogen-bond donors (Lipinski definition) is 0. The van der Waals surface area contributed by atoms with E-state index in [0.29, 0.717) is 11.8 Å². The van der Waals surface area contributed by atoms with Crippen LogP contribution in [0.2, 0.25) is 0 Å². The Morgan fingerprint density at radius 3 is 2.56 bits per heavy atom. The van der Waals surface area contributed by atoms with Crippen molar-refractivity contribution in [1.29, 1.82) is 0 Å². The van der Waals surface area contributed by atoms with Gasteiger partial charge in [-0.1, -0.05) is 31.2 Å². The molecule has 18 heavy (non-hydrogen) atoms. The van der Waals surface area contributed by atoms with Gasteiger partial charge < -0.3 is 9.47 Å². The zero-order valence-electron chi connectivity index (χ0n) is 11.5. The van der Waals surface area contributed by atoms with Crippen LogP contribution >= 0.6 is 0 Å². The van der Waals surface area contributed by atoms with E-state index in [9.17, 15) is 0 Å². The summed E-state index contributed by atoms with van der Waals surface area (Å²) < 4.78 is 11.2. The molecule has 0 aliphatic carbocycles. The molecule has 2 nitrogen and oxygen atoms in total. The Labute approximate surface area is 110 Å². The quantitative estimate of drug-likeness (QED) is 0.751. The van der Waals surface area contributed by atoms with Crippen LogP contribution in [0.3, 0.4) is 0 Å². The summed E-state index contributed by atoms with van der Waals surface area (Å²) in [6.07, 6.45) is 1.30. The maximum atomic E-state index is 6.02. The van der Waals surface area contributed by atoms with Gasteiger partial charge in [0.25, 0.3) is 0 Å². The van der Waals surface area contributed by atoms with E-state index in [4.69, 9.17) is 9.47 Å². The van der Waals surface area contributed by atoms with E-state index in [0.717, 1.165) is 18.8 Å². The van der Waals surface area contributed by atoms with Gasteiger partial charge >= 0.3 is 0 Å². The molecule has 0 N–H and O–H groups in total. The fraction of sp³-hybridized carbons (Fsp3) is 0.500. The van der Waals surface area contributed by atoms with E-state index in [1.807, 2.05) is 12.1 Å². The number of benzene rings is 1. The van der Waals surface area contributed by atoms with Gasteiger partial charge in [0.05, 0.1) is 19.8 Å². The Hall–Kier alpha value is -1.28. The van der Waals surface area contributed by atoms with Crippen LogP contribution in [0.4, 0.5) is 0 Å². The van der Waals surface area contributed by atoms with Crippen molar-refractivity contribution in [3.8, 4) is 5.75 Å². The van der Waals surface area contributed by atoms with Crippen LogP contribution < -0.4 is 4.74 Å². The fourth-order valence-electron chi connectivity index (χ4n) is 2.59. The van der Waals surface area contributed by atoms with Crippen LogP contribution in [-0.4, -0.2) is 13.7 Å². The summed E-state index contributed by atoms with van der Waals surface area (Å²) in [5, 5.41) is 0. The van der Waals surface area contributed by atoms with E-state index in [1.165, 1.54) is 11.1 Å². The van der Waals surface area contributed by atoms with E-state index < -0.39 is 0 Å². The molecule has 1 heterocycles. The fourth-order valence-corrected chi connectivity index (χ4v) is 2.59. The first-order valence-electron chi connectivity index (χ1n) is 6.52. The summed E-state index contributed by atoms with van der Waals surface area (Å²) in [5.41, 5.74) is 2.43. The maximum Gasteiger partial charge on any atom is 0.118 e. The third-order valence-electron chi connectivity index (χ3n) is 3.66. The molecule has 3 atom stereocenters. The largest absolute Gasteiger partial charge is 0.497 e. The first-order valence-corrected chi connectivity index (χ1v) is 6.52. The van der Waals surface area contributed by atoms with Crippen molar-refractivity contribution in [2.75, 3.05) is 13.7 Å². The van der Waals surface area contributed by atoms with Crippen LogP contribution in [0.5, 0.6) is 5.75 Å². The summed E-state index contributed by atoms with van der Waals surface area (Å²) in [6.45, 7) is 9.29.